The molecule has 0 bridgehead atoms. The van der Waals surface area contributed by atoms with Crippen LogP contribution < -0.4 is 0 Å². The number of benzene rings is 1. The van der Waals surface area contributed by atoms with Crippen LogP contribution in [0.2, 0.25) is 10.0 Å². The number of rotatable bonds is 3. The van der Waals surface area contributed by atoms with E-state index in [2.05, 4.69) is 5.10 Å². The molecule has 2 aromatic rings. The first-order valence-corrected chi connectivity index (χ1v) is 8.84. The van der Waals surface area contributed by atoms with Crippen molar-refractivity contribution in [3.63, 3.8) is 0 Å². The monoisotopic (exact) mass is 400 g/mol. The molecule has 0 aliphatic rings. The molecule has 0 amide bonds. The molecule has 0 aliphatic heterocycles. The van der Waals surface area contributed by atoms with Crippen LogP contribution in [0.1, 0.15) is 21.7 Å². The fourth-order valence-corrected chi connectivity index (χ4v) is 3.93. The number of halogens is 5. The van der Waals surface area contributed by atoms with Crippen molar-refractivity contribution in [2.45, 2.75) is 18.0 Å². The van der Waals surface area contributed by atoms with Gasteiger partial charge in [-0.3, -0.25) is 4.79 Å². The summed E-state index contributed by atoms with van der Waals surface area (Å²) in [5.41, 5.74) is -1.60. The van der Waals surface area contributed by atoms with Crippen LogP contribution in [0.5, 0.6) is 0 Å². The fraction of sp³-hybridized carbons (Fsp3) is 0.231. The zero-order valence-corrected chi connectivity index (χ0v) is 14.5. The molecule has 5 nitrogen and oxygen atoms in total. The summed E-state index contributed by atoms with van der Waals surface area (Å²) >= 11 is 11.8. The normalized spacial score (nSPS) is 12.5. The van der Waals surface area contributed by atoms with E-state index >= 15 is 0 Å². The Hall–Kier alpha value is -1.58. The third-order valence-corrected chi connectivity index (χ3v) is 4.95. The highest BCUT2D eigenvalue weighted by Crippen LogP contribution is 2.38. The molecule has 0 atom stereocenters. The number of carbonyl (C=O) groups excluding carboxylic acids is 1. The third kappa shape index (κ3) is 3.28. The number of hydrogen-bond acceptors (Lipinski definition) is 4. The van der Waals surface area contributed by atoms with Gasteiger partial charge in [0.1, 0.15) is 16.3 Å². The quantitative estimate of drug-likeness (QED) is 0.736. The molecule has 0 N–H and O–H groups in total. The minimum atomic E-state index is -4.66. The maximum atomic E-state index is 12.8. The molecule has 0 radical (unpaired) electrons. The van der Waals surface area contributed by atoms with E-state index < -0.39 is 31.6 Å². The Kier molecular flexibility index (Phi) is 4.73. The highest BCUT2D eigenvalue weighted by atomic mass is 35.5. The Balaban J connectivity index is 2.80. The van der Waals surface area contributed by atoms with Gasteiger partial charge in [0.05, 0.1) is 21.3 Å². The first kappa shape index (κ1) is 18.8. The molecular weight excluding hydrogens is 392 g/mol. The maximum absolute atomic E-state index is 12.8. The predicted octanol–water partition coefficient (Wildman–Crippen LogP) is 3.72. The zero-order chi connectivity index (χ0) is 18.4. The van der Waals surface area contributed by atoms with E-state index in [1.165, 1.54) is 6.92 Å². The number of carbonyl (C=O) groups is 1. The summed E-state index contributed by atoms with van der Waals surface area (Å²) in [6.07, 6.45) is -3.55. The fourth-order valence-electron chi connectivity index (χ4n) is 2.19. The summed E-state index contributed by atoms with van der Waals surface area (Å²) in [5, 5.41) is 3.02. The van der Waals surface area contributed by atoms with Gasteiger partial charge in [0.15, 0.2) is 16.1 Å². The molecule has 0 spiro atoms. The van der Waals surface area contributed by atoms with Gasteiger partial charge in [-0.25, -0.2) is 13.1 Å². The van der Waals surface area contributed by atoms with Crippen molar-refractivity contribution in [1.82, 2.24) is 9.78 Å². The van der Waals surface area contributed by atoms with Crippen molar-refractivity contribution >= 4 is 39.3 Å². The first-order chi connectivity index (χ1) is 10.9. The zero-order valence-electron chi connectivity index (χ0n) is 12.1. The Morgan fingerprint density at radius 1 is 1.21 bits per heavy atom. The van der Waals surface area contributed by atoms with Gasteiger partial charge in [0.25, 0.3) is 0 Å². The summed E-state index contributed by atoms with van der Waals surface area (Å²) in [4.78, 5) is 10.7. The lowest BCUT2D eigenvalue weighted by atomic mass is 10.2. The largest absolute Gasteiger partial charge is 0.416 e. The highest BCUT2D eigenvalue weighted by Gasteiger charge is 2.33. The molecular formula is C13H9Cl2F3N2O3S. The van der Waals surface area contributed by atoms with E-state index in [0.717, 1.165) is 10.9 Å². The number of hydrogen-bond donors (Lipinski definition) is 0. The van der Waals surface area contributed by atoms with Crippen molar-refractivity contribution in [3.8, 4) is 5.69 Å². The van der Waals surface area contributed by atoms with Crippen molar-refractivity contribution in [2.24, 2.45) is 0 Å². The molecule has 130 valence electrons. The molecule has 11 heteroatoms. The van der Waals surface area contributed by atoms with Crippen LogP contribution in [-0.4, -0.2) is 30.7 Å². The number of alkyl halides is 3. The van der Waals surface area contributed by atoms with E-state index in [1.807, 2.05) is 0 Å². The second kappa shape index (κ2) is 6.05. The van der Waals surface area contributed by atoms with E-state index in [-0.39, 0.29) is 28.3 Å². The summed E-state index contributed by atoms with van der Waals surface area (Å²) in [5.74, 6) is 0. The van der Waals surface area contributed by atoms with Crippen LogP contribution in [0.15, 0.2) is 17.0 Å². The van der Waals surface area contributed by atoms with E-state index in [0.29, 0.717) is 12.1 Å². The lowest BCUT2D eigenvalue weighted by molar-refractivity contribution is -0.137. The minimum absolute atomic E-state index is 0.00292. The van der Waals surface area contributed by atoms with Crippen molar-refractivity contribution in [2.75, 3.05) is 6.26 Å². The molecule has 1 aromatic heterocycles. The lowest BCUT2D eigenvalue weighted by Crippen LogP contribution is -2.08. The van der Waals surface area contributed by atoms with Crippen LogP contribution in [0.3, 0.4) is 0 Å². The minimum Gasteiger partial charge on any atom is -0.296 e. The standard InChI is InChI=1S/C13H9Cl2F3N2O3S/c1-6-12(24(2,22)23)10(5-21)19-20(6)11-8(14)3-7(4-9(11)15)13(16,17)18/h3-5H,1-2H3. The van der Waals surface area contributed by atoms with Gasteiger partial charge in [-0.2, -0.15) is 18.3 Å². The average Bonchev–Trinajstić information content (AvgIpc) is 2.74. The molecule has 0 aliphatic carbocycles. The van der Waals surface area contributed by atoms with Crippen LogP contribution in [0.25, 0.3) is 5.69 Å². The second-order valence-electron chi connectivity index (χ2n) is 4.89. The Labute approximate surface area is 144 Å². The number of aldehydes is 1. The summed E-state index contributed by atoms with van der Waals surface area (Å²) in [6.45, 7) is 1.33. The molecule has 0 unspecified atom stereocenters. The van der Waals surface area contributed by atoms with Gasteiger partial charge < -0.3 is 0 Å². The first-order valence-electron chi connectivity index (χ1n) is 6.19. The molecule has 24 heavy (non-hydrogen) atoms. The maximum Gasteiger partial charge on any atom is 0.416 e. The van der Waals surface area contributed by atoms with E-state index in [4.69, 9.17) is 23.2 Å². The number of sulfone groups is 1. The van der Waals surface area contributed by atoms with Crippen molar-refractivity contribution in [1.29, 1.82) is 0 Å². The Morgan fingerprint density at radius 3 is 2.04 bits per heavy atom. The molecule has 2 rings (SSSR count). The number of nitrogens with zero attached hydrogens (tertiary/aromatic N) is 2. The van der Waals surface area contributed by atoms with E-state index in [9.17, 15) is 26.4 Å². The Bertz CT molecular complexity index is 914. The molecule has 0 saturated heterocycles. The molecule has 1 heterocycles. The molecule has 0 saturated carbocycles. The topological polar surface area (TPSA) is 69.0 Å². The van der Waals surface area contributed by atoms with Crippen molar-refractivity contribution < 1.29 is 26.4 Å². The predicted molar refractivity (Wildman–Crippen MR) is 81.8 cm³/mol. The third-order valence-electron chi connectivity index (χ3n) is 3.13. The SMILES string of the molecule is Cc1c(S(C)(=O)=O)c(C=O)nn1-c1c(Cl)cc(C(F)(F)F)cc1Cl. The van der Waals surface area contributed by atoms with Gasteiger partial charge in [0, 0.05) is 6.26 Å². The average molecular weight is 401 g/mol. The lowest BCUT2D eigenvalue weighted by Gasteiger charge is -2.13. The number of aromatic nitrogens is 2. The molecule has 0 fully saturated rings. The summed E-state index contributed by atoms with van der Waals surface area (Å²) in [7, 11) is -3.80. The van der Waals surface area contributed by atoms with Gasteiger partial charge in [-0.05, 0) is 19.1 Å². The second-order valence-corrected chi connectivity index (χ2v) is 7.65. The highest BCUT2D eigenvalue weighted by molar-refractivity contribution is 7.90. The van der Waals surface area contributed by atoms with Gasteiger partial charge >= 0.3 is 6.18 Å². The molecule has 1 aromatic carbocycles. The van der Waals surface area contributed by atoms with Crippen molar-refractivity contribution in [3.05, 3.63) is 39.1 Å². The Morgan fingerprint density at radius 2 is 1.71 bits per heavy atom. The van der Waals surface area contributed by atoms with Gasteiger partial charge in [-0.1, -0.05) is 23.2 Å². The van der Waals surface area contributed by atoms with Gasteiger partial charge in [0.2, 0.25) is 0 Å². The van der Waals surface area contributed by atoms with Crippen LogP contribution in [0, 0.1) is 6.92 Å². The van der Waals surface area contributed by atoms with Crippen LogP contribution >= 0.6 is 23.2 Å². The van der Waals surface area contributed by atoms with Crippen LogP contribution in [-0.2, 0) is 16.0 Å². The van der Waals surface area contributed by atoms with Gasteiger partial charge in [-0.15, -0.1) is 0 Å². The van der Waals surface area contributed by atoms with Crippen LogP contribution in [0.4, 0.5) is 13.2 Å². The summed E-state index contributed by atoms with van der Waals surface area (Å²) in [6, 6.07) is 1.29. The van der Waals surface area contributed by atoms with E-state index in [1.54, 1.807) is 0 Å². The summed E-state index contributed by atoms with van der Waals surface area (Å²) < 4.78 is 62.9. The smallest absolute Gasteiger partial charge is 0.296 e.